The summed E-state index contributed by atoms with van der Waals surface area (Å²) >= 11 is 1.66. The van der Waals surface area contributed by atoms with E-state index in [1.165, 1.54) is 6.07 Å². The number of rotatable bonds is 4. The van der Waals surface area contributed by atoms with Gasteiger partial charge in [0.1, 0.15) is 0 Å². The maximum absolute atomic E-state index is 11.2. The summed E-state index contributed by atoms with van der Waals surface area (Å²) in [5.41, 5.74) is -0.155. The number of aromatic nitrogens is 2. The van der Waals surface area contributed by atoms with E-state index in [0.29, 0.717) is 11.3 Å². The van der Waals surface area contributed by atoms with E-state index in [4.69, 9.17) is 0 Å². The lowest BCUT2D eigenvalue weighted by Gasteiger charge is -2.16. The molecule has 1 aromatic rings. The van der Waals surface area contributed by atoms with Crippen LogP contribution in [-0.4, -0.2) is 14.8 Å². The molecule has 84 valence electrons. The number of thioether (sulfide) groups is 1. The minimum Gasteiger partial charge on any atom is -0.325 e. The lowest BCUT2D eigenvalue weighted by atomic mass is 10.4. The van der Waals surface area contributed by atoms with Gasteiger partial charge in [-0.05, 0) is 20.3 Å². The molecule has 0 amide bonds. The van der Waals surface area contributed by atoms with Crippen LogP contribution in [0.4, 0.5) is 0 Å². The van der Waals surface area contributed by atoms with Gasteiger partial charge in [0.2, 0.25) is 0 Å². The van der Waals surface area contributed by atoms with E-state index in [-0.39, 0.29) is 5.56 Å². The lowest BCUT2D eigenvalue weighted by Crippen LogP contribution is -2.15. The minimum absolute atomic E-state index is 0.155. The second kappa shape index (κ2) is 5.35. The Morgan fingerprint density at radius 3 is 2.67 bits per heavy atom. The van der Waals surface area contributed by atoms with Crippen LogP contribution in [0.25, 0.3) is 0 Å². The third-order valence-corrected chi connectivity index (χ3v) is 3.49. The number of hydrogen-bond acceptors (Lipinski definition) is 3. The van der Waals surface area contributed by atoms with Gasteiger partial charge in [0, 0.05) is 23.6 Å². The second-order valence-corrected chi connectivity index (χ2v) is 5.29. The Balaban J connectivity index is 3.02. The van der Waals surface area contributed by atoms with Gasteiger partial charge in [-0.25, -0.2) is 0 Å². The summed E-state index contributed by atoms with van der Waals surface area (Å²) in [7, 11) is 0. The fraction of sp³-hybridized carbons (Fsp3) is 0.636. The molecule has 0 N–H and O–H groups in total. The monoisotopic (exact) mass is 226 g/mol. The maximum atomic E-state index is 11.2. The van der Waals surface area contributed by atoms with Crippen LogP contribution in [0, 0.1) is 0 Å². The van der Waals surface area contributed by atoms with Crippen molar-refractivity contribution in [3.05, 3.63) is 22.6 Å². The van der Waals surface area contributed by atoms with Gasteiger partial charge in [0.05, 0.1) is 0 Å². The first-order valence-electron chi connectivity index (χ1n) is 5.30. The molecule has 1 unspecified atom stereocenters. The number of hydrogen-bond donors (Lipinski definition) is 0. The van der Waals surface area contributed by atoms with Gasteiger partial charge in [-0.15, -0.1) is 0 Å². The fourth-order valence-corrected chi connectivity index (χ4v) is 2.20. The molecule has 1 rings (SSSR count). The molecule has 0 aromatic carbocycles. The normalized spacial score (nSPS) is 13.1. The molecule has 0 spiro atoms. The van der Waals surface area contributed by atoms with Gasteiger partial charge in [0.25, 0.3) is 5.56 Å². The third kappa shape index (κ3) is 3.38. The molecule has 15 heavy (non-hydrogen) atoms. The topological polar surface area (TPSA) is 34.9 Å². The molecular weight excluding hydrogens is 208 g/mol. The average molecular weight is 226 g/mol. The van der Waals surface area contributed by atoms with E-state index in [0.717, 1.165) is 11.6 Å². The molecule has 0 fully saturated rings. The van der Waals surface area contributed by atoms with E-state index < -0.39 is 0 Å². The Kier molecular flexibility index (Phi) is 4.39. The van der Waals surface area contributed by atoms with Crippen molar-refractivity contribution < 1.29 is 0 Å². The molecule has 0 bridgehead atoms. The highest BCUT2D eigenvalue weighted by Gasteiger charge is 2.09. The van der Waals surface area contributed by atoms with Gasteiger partial charge in [-0.2, -0.15) is 4.98 Å². The summed E-state index contributed by atoms with van der Waals surface area (Å²) < 4.78 is 2.04. The maximum Gasteiger partial charge on any atom is 0.273 e. The largest absolute Gasteiger partial charge is 0.325 e. The van der Waals surface area contributed by atoms with Crippen LogP contribution in [0.3, 0.4) is 0 Å². The van der Waals surface area contributed by atoms with Crippen LogP contribution in [0.15, 0.2) is 22.2 Å². The van der Waals surface area contributed by atoms with E-state index in [1.54, 1.807) is 11.8 Å². The van der Waals surface area contributed by atoms with E-state index in [1.807, 2.05) is 10.8 Å². The van der Waals surface area contributed by atoms with Crippen molar-refractivity contribution in [3.8, 4) is 0 Å². The summed E-state index contributed by atoms with van der Waals surface area (Å²) in [6.45, 7) is 8.46. The first-order chi connectivity index (χ1) is 7.04. The lowest BCUT2D eigenvalue weighted by molar-refractivity contribution is 0.525. The first kappa shape index (κ1) is 12.3. The molecule has 0 aliphatic rings. The van der Waals surface area contributed by atoms with Crippen LogP contribution < -0.4 is 5.56 Å². The SMILES string of the molecule is CCC(C)Sc1nc(=O)ccn1C(C)C. The summed E-state index contributed by atoms with van der Waals surface area (Å²) in [6.07, 6.45) is 2.90. The quantitative estimate of drug-likeness (QED) is 0.585. The fourth-order valence-electron chi connectivity index (χ4n) is 1.14. The molecule has 0 saturated heterocycles. The Bertz CT molecular complexity index is 373. The van der Waals surface area contributed by atoms with Crippen molar-refractivity contribution in [2.24, 2.45) is 0 Å². The summed E-state index contributed by atoms with van der Waals surface area (Å²) in [5.74, 6) is 0. The van der Waals surface area contributed by atoms with Gasteiger partial charge in [-0.1, -0.05) is 25.6 Å². The van der Waals surface area contributed by atoms with Crippen LogP contribution in [0.5, 0.6) is 0 Å². The van der Waals surface area contributed by atoms with Gasteiger partial charge in [-0.3, -0.25) is 4.79 Å². The molecule has 1 atom stereocenters. The highest BCUT2D eigenvalue weighted by Crippen LogP contribution is 2.24. The van der Waals surface area contributed by atoms with Crippen LogP contribution in [-0.2, 0) is 0 Å². The third-order valence-electron chi connectivity index (χ3n) is 2.24. The zero-order valence-electron chi connectivity index (χ0n) is 9.73. The van der Waals surface area contributed by atoms with Crippen molar-refractivity contribution in [2.75, 3.05) is 0 Å². The highest BCUT2D eigenvalue weighted by molar-refractivity contribution is 7.99. The van der Waals surface area contributed by atoms with Crippen LogP contribution >= 0.6 is 11.8 Å². The Hall–Kier alpha value is -0.770. The molecule has 0 radical (unpaired) electrons. The molecule has 0 saturated carbocycles. The zero-order valence-corrected chi connectivity index (χ0v) is 10.5. The van der Waals surface area contributed by atoms with Crippen molar-refractivity contribution in [3.63, 3.8) is 0 Å². The van der Waals surface area contributed by atoms with E-state index in [2.05, 4.69) is 32.7 Å². The molecule has 1 heterocycles. The van der Waals surface area contributed by atoms with Gasteiger partial charge >= 0.3 is 0 Å². The predicted molar refractivity (Wildman–Crippen MR) is 64.5 cm³/mol. The molecule has 0 aliphatic heterocycles. The molecular formula is C11H18N2OS. The Morgan fingerprint density at radius 2 is 2.13 bits per heavy atom. The van der Waals surface area contributed by atoms with Crippen molar-refractivity contribution in [1.82, 2.24) is 9.55 Å². The minimum atomic E-state index is -0.155. The second-order valence-electron chi connectivity index (χ2n) is 3.89. The van der Waals surface area contributed by atoms with E-state index in [9.17, 15) is 4.79 Å². The molecule has 3 nitrogen and oxygen atoms in total. The van der Waals surface area contributed by atoms with E-state index >= 15 is 0 Å². The summed E-state index contributed by atoms with van der Waals surface area (Å²) in [6, 6.07) is 1.85. The van der Waals surface area contributed by atoms with Crippen LogP contribution in [0.2, 0.25) is 0 Å². The number of nitrogens with zero attached hydrogens (tertiary/aromatic N) is 2. The highest BCUT2D eigenvalue weighted by atomic mass is 32.2. The summed E-state index contributed by atoms with van der Waals surface area (Å²) in [5, 5.41) is 1.32. The van der Waals surface area contributed by atoms with Gasteiger partial charge in [0.15, 0.2) is 5.16 Å². The smallest absolute Gasteiger partial charge is 0.273 e. The van der Waals surface area contributed by atoms with Crippen LogP contribution in [0.1, 0.15) is 40.2 Å². The standard InChI is InChI=1S/C11H18N2OS/c1-5-9(4)15-11-12-10(14)6-7-13(11)8(2)3/h6-9H,5H2,1-4H3. The molecule has 4 heteroatoms. The Labute approximate surface area is 94.9 Å². The molecule has 0 aliphatic carbocycles. The average Bonchev–Trinajstić information content (AvgIpc) is 2.17. The predicted octanol–water partition coefficient (Wildman–Crippen LogP) is 2.71. The van der Waals surface area contributed by atoms with Gasteiger partial charge < -0.3 is 4.57 Å². The van der Waals surface area contributed by atoms with Crippen molar-refractivity contribution in [2.45, 2.75) is 50.6 Å². The Morgan fingerprint density at radius 1 is 1.47 bits per heavy atom. The first-order valence-corrected chi connectivity index (χ1v) is 6.18. The van der Waals surface area contributed by atoms with Crippen molar-refractivity contribution in [1.29, 1.82) is 0 Å². The zero-order chi connectivity index (χ0) is 11.4. The summed E-state index contributed by atoms with van der Waals surface area (Å²) in [4.78, 5) is 15.2. The molecule has 1 aromatic heterocycles. The van der Waals surface area contributed by atoms with Crippen molar-refractivity contribution >= 4 is 11.8 Å².